The first-order chi connectivity index (χ1) is 8.99. The quantitative estimate of drug-likeness (QED) is 0.639. The summed E-state index contributed by atoms with van der Waals surface area (Å²) >= 11 is 0. The zero-order chi connectivity index (χ0) is 14.3. The summed E-state index contributed by atoms with van der Waals surface area (Å²) in [5, 5.41) is 18.4. The van der Waals surface area contributed by atoms with Gasteiger partial charge in [0, 0.05) is 19.1 Å². The van der Waals surface area contributed by atoms with Crippen LogP contribution in [0, 0.1) is 5.92 Å². The Bertz CT molecular complexity index is 291. The smallest absolute Gasteiger partial charge is 0.414 e. The maximum atomic E-state index is 9.10. The molecule has 2 saturated heterocycles. The van der Waals surface area contributed by atoms with E-state index in [-0.39, 0.29) is 0 Å². The van der Waals surface area contributed by atoms with Crippen molar-refractivity contribution in [3.8, 4) is 0 Å². The Balaban J connectivity index is 0.000000258. The van der Waals surface area contributed by atoms with Crippen molar-refractivity contribution in [1.82, 2.24) is 10.2 Å². The molecule has 2 fully saturated rings. The number of nitrogens with one attached hydrogen (secondary N) is 1. The van der Waals surface area contributed by atoms with Crippen LogP contribution in [0.3, 0.4) is 0 Å². The largest absolute Gasteiger partial charge is 0.473 e. The van der Waals surface area contributed by atoms with Crippen molar-refractivity contribution in [3.05, 3.63) is 0 Å². The van der Waals surface area contributed by atoms with Crippen molar-refractivity contribution < 1.29 is 19.8 Å². The van der Waals surface area contributed by atoms with E-state index >= 15 is 0 Å². The molecule has 0 aromatic heterocycles. The van der Waals surface area contributed by atoms with Crippen molar-refractivity contribution in [2.24, 2.45) is 5.92 Å². The van der Waals surface area contributed by atoms with Gasteiger partial charge in [-0.15, -0.1) is 0 Å². The van der Waals surface area contributed by atoms with Gasteiger partial charge in [0.2, 0.25) is 0 Å². The van der Waals surface area contributed by atoms with E-state index in [1.807, 2.05) is 0 Å². The summed E-state index contributed by atoms with van der Waals surface area (Å²) in [6.07, 6.45) is 5.63. The van der Waals surface area contributed by atoms with Crippen molar-refractivity contribution in [2.45, 2.75) is 38.6 Å². The third-order valence-electron chi connectivity index (χ3n) is 3.57. The molecule has 6 nitrogen and oxygen atoms in total. The summed E-state index contributed by atoms with van der Waals surface area (Å²) in [7, 11) is 0. The van der Waals surface area contributed by atoms with Crippen molar-refractivity contribution in [1.29, 1.82) is 0 Å². The Morgan fingerprint density at radius 2 is 1.89 bits per heavy atom. The van der Waals surface area contributed by atoms with Gasteiger partial charge >= 0.3 is 11.9 Å². The van der Waals surface area contributed by atoms with Crippen molar-refractivity contribution >= 4 is 11.9 Å². The van der Waals surface area contributed by atoms with E-state index in [1.165, 1.54) is 51.9 Å². The number of nitrogens with zero attached hydrogens (tertiary/aromatic N) is 1. The highest BCUT2D eigenvalue weighted by Gasteiger charge is 2.21. The van der Waals surface area contributed by atoms with Gasteiger partial charge in [0.25, 0.3) is 0 Å². The van der Waals surface area contributed by atoms with Crippen LogP contribution in [-0.2, 0) is 9.59 Å². The lowest BCUT2D eigenvalue weighted by Gasteiger charge is -2.32. The van der Waals surface area contributed by atoms with Crippen molar-refractivity contribution in [3.63, 3.8) is 0 Å². The first kappa shape index (κ1) is 15.9. The predicted octanol–water partition coefficient (Wildman–Crippen LogP) is 0.626. The Morgan fingerprint density at radius 1 is 1.21 bits per heavy atom. The van der Waals surface area contributed by atoms with Gasteiger partial charge in [-0.25, -0.2) is 9.59 Å². The third kappa shape index (κ3) is 6.54. The zero-order valence-electron chi connectivity index (χ0n) is 11.5. The van der Waals surface area contributed by atoms with E-state index in [1.54, 1.807) is 0 Å². The van der Waals surface area contributed by atoms with E-state index in [0.717, 1.165) is 12.0 Å². The van der Waals surface area contributed by atoms with Crippen LogP contribution in [0.1, 0.15) is 32.6 Å². The molecule has 0 aromatic rings. The van der Waals surface area contributed by atoms with Gasteiger partial charge in [-0.2, -0.15) is 0 Å². The molecule has 2 atom stereocenters. The first-order valence-electron chi connectivity index (χ1n) is 6.91. The summed E-state index contributed by atoms with van der Waals surface area (Å²) < 4.78 is 0. The standard InChI is InChI=1S/C11H22N2.C2H2O4/c1-10-4-3-7-13(8-10)9-11-5-2-6-12-11;3-1(4)2(5)6/h10-12H,2-9H2,1H3;(H,3,4)(H,5,6). The molecule has 110 valence electrons. The molecule has 0 bridgehead atoms. The van der Waals surface area contributed by atoms with E-state index in [4.69, 9.17) is 19.8 Å². The molecule has 3 N–H and O–H groups in total. The van der Waals surface area contributed by atoms with Crippen LogP contribution in [-0.4, -0.2) is 59.3 Å². The number of rotatable bonds is 2. The lowest BCUT2D eigenvalue weighted by molar-refractivity contribution is -0.159. The maximum absolute atomic E-state index is 9.10. The minimum absolute atomic E-state index is 0.797. The highest BCUT2D eigenvalue weighted by molar-refractivity contribution is 6.27. The van der Waals surface area contributed by atoms with E-state index < -0.39 is 11.9 Å². The number of hydrogen-bond acceptors (Lipinski definition) is 4. The van der Waals surface area contributed by atoms with Crippen LogP contribution in [0.25, 0.3) is 0 Å². The molecule has 0 spiro atoms. The summed E-state index contributed by atoms with van der Waals surface area (Å²) in [6, 6.07) is 0.797. The van der Waals surface area contributed by atoms with Crippen molar-refractivity contribution in [2.75, 3.05) is 26.2 Å². The fourth-order valence-electron chi connectivity index (χ4n) is 2.68. The second-order valence-corrected chi connectivity index (χ2v) is 5.41. The lowest BCUT2D eigenvalue weighted by Crippen LogP contribution is -2.42. The predicted molar refractivity (Wildman–Crippen MR) is 71.1 cm³/mol. The van der Waals surface area contributed by atoms with Gasteiger partial charge in [0.1, 0.15) is 0 Å². The van der Waals surface area contributed by atoms with Gasteiger partial charge in [-0.1, -0.05) is 6.92 Å². The number of hydrogen-bond donors (Lipinski definition) is 3. The van der Waals surface area contributed by atoms with E-state index in [0.29, 0.717) is 0 Å². The summed E-state index contributed by atoms with van der Waals surface area (Å²) in [5.41, 5.74) is 0. The van der Waals surface area contributed by atoms with Crippen LogP contribution in [0.5, 0.6) is 0 Å². The van der Waals surface area contributed by atoms with Crippen LogP contribution >= 0.6 is 0 Å². The summed E-state index contributed by atoms with van der Waals surface area (Å²) in [4.78, 5) is 20.8. The monoisotopic (exact) mass is 272 g/mol. The average Bonchev–Trinajstić information content (AvgIpc) is 2.82. The van der Waals surface area contributed by atoms with E-state index in [2.05, 4.69) is 17.1 Å². The van der Waals surface area contributed by atoms with Gasteiger partial charge in [-0.05, 0) is 44.7 Å². The van der Waals surface area contributed by atoms with E-state index in [9.17, 15) is 0 Å². The molecule has 2 rings (SSSR count). The molecule has 2 aliphatic heterocycles. The molecular formula is C13H24N2O4. The molecular weight excluding hydrogens is 248 g/mol. The number of carboxylic acid groups (broad SMARTS) is 2. The van der Waals surface area contributed by atoms with Gasteiger partial charge in [0.15, 0.2) is 0 Å². The molecule has 6 heteroatoms. The summed E-state index contributed by atoms with van der Waals surface area (Å²) in [6.45, 7) is 7.59. The van der Waals surface area contributed by atoms with Crippen LogP contribution in [0.2, 0.25) is 0 Å². The number of aliphatic carboxylic acids is 2. The Morgan fingerprint density at radius 3 is 2.37 bits per heavy atom. The molecule has 0 aromatic carbocycles. The second kappa shape index (κ2) is 8.12. The minimum Gasteiger partial charge on any atom is -0.473 e. The van der Waals surface area contributed by atoms with Gasteiger partial charge in [0.05, 0.1) is 0 Å². The number of likely N-dealkylation sites (tertiary alicyclic amines) is 1. The fourth-order valence-corrected chi connectivity index (χ4v) is 2.68. The second-order valence-electron chi connectivity index (χ2n) is 5.41. The molecule has 2 unspecified atom stereocenters. The molecule has 0 amide bonds. The molecule has 2 aliphatic rings. The Kier molecular flexibility index (Phi) is 6.80. The first-order valence-corrected chi connectivity index (χ1v) is 6.91. The molecule has 0 radical (unpaired) electrons. The van der Waals surface area contributed by atoms with Crippen LogP contribution in [0.15, 0.2) is 0 Å². The molecule has 2 heterocycles. The number of carboxylic acids is 2. The topological polar surface area (TPSA) is 89.9 Å². The molecule has 19 heavy (non-hydrogen) atoms. The maximum Gasteiger partial charge on any atom is 0.414 e. The SMILES string of the molecule is CC1CCCN(CC2CCCN2)C1.O=C(O)C(=O)O. The van der Waals surface area contributed by atoms with Crippen LogP contribution < -0.4 is 5.32 Å². The third-order valence-corrected chi connectivity index (χ3v) is 3.57. The number of piperidine rings is 1. The Hall–Kier alpha value is -1.14. The highest BCUT2D eigenvalue weighted by Crippen LogP contribution is 2.17. The summed E-state index contributed by atoms with van der Waals surface area (Å²) in [5.74, 6) is -2.72. The average molecular weight is 272 g/mol. The Labute approximate surface area is 113 Å². The van der Waals surface area contributed by atoms with Gasteiger partial charge in [-0.3, -0.25) is 0 Å². The van der Waals surface area contributed by atoms with Gasteiger partial charge < -0.3 is 20.4 Å². The molecule has 0 aliphatic carbocycles. The molecule has 0 saturated carbocycles. The minimum atomic E-state index is -1.82. The number of carbonyl (C=O) groups is 2. The zero-order valence-corrected chi connectivity index (χ0v) is 11.5. The normalized spacial score (nSPS) is 27.4. The highest BCUT2D eigenvalue weighted by atomic mass is 16.4. The van der Waals surface area contributed by atoms with Crippen LogP contribution in [0.4, 0.5) is 0 Å². The lowest BCUT2D eigenvalue weighted by atomic mass is 10.00. The fraction of sp³-hybridized carbons (Fsp3) is 0.846.